The predicted octanol–water partition coefficient (Wildman–Crippen LogP) is 3.37. The van der Waals surface area contributed by atoms with Crippen molar-refractivity contribution in [1.29, 1.82) is 0 Å². The number of nitrogens with two attached hydrogens (primary N) is 1. The zero-order chi connectivity index (χ0) is 19.4. The van der Waals surface area contributed by atoms with E-state index >= 15 is 0 Å². The second-order valence-electron chi connectivity index (χ2n) is 7.58. The molecule has 0 aromatic heterocycles. The van der Waals surface area contributed by atoms with Crippen LogP contribution in [0.1, 0.15) is 56.4 Å². The van der Waals surface area contributed by atoms with Crippen LogP contribution in [-0.4, -0.2) is 39.1 Å². The fourth-order valence-corrected chi connectivity index (χ4v) is 4.54. The molecular formula is C21H31NO5. The quantitative estimate of drug-likeness (QED) is 0.737. The van der Waals surface area contributed by atoms with Crippen molar-refractivity contribution in [2.24, 2.45) is 11.7 Å². The van der Waals surface area contributed by atoms with Crippen molar-refractivity contribution in [3.63, 3.8) is 0 Å². The Labute approximate surface area is 161 Å². The second kappa shape index (κ2) is 8.48. The Balaban J connectivity index is 1.93. The van der Waals surface area contributed by atoms with Gasteiger partial charge in [-0.25, -0.2) is 0 Å². The smallest absolute Gasteiger partial charge is 0.220 e. The Hall–Kier alpha value is -1.79. The van der Waals surface area contributed by atoms with E-state index in [1.54, 1.807) is 21.3 Å². The summed E-state index contributed by atoms with van der Waals surface area (Å²) < 4.78 is 23.4. The van der Waals surface area contributed by atoms with Crippen LogP contribution in [0.2, 0.25) is 0 Å². The number of amides is 1. The molecule has 2 saturated carbocycles. The van der Waals surface area contributed by atoms with Gasteiger partial charge < -0.3 is 24.7 Å². The molecule has 2 aliphatic rings. The van der Waals surface area contributed by atoms with Gasteiger partial charge in [-0.05, 0) is 56.2 Å². The van der Waals surface area contributed by atoms with Crippen molar-refractivity contribution in [3.05, 3.63) is 23.8 Å². The zero-order valence-electron chi connectivity index (χ0n) is 16.5. The summed E-state index contributed by atoms with van der Waals surface area (Å²) in [6, 6.07) is 5.93. The molecule has 2 aliphatic carbocycles. The molecule has 27 heavy (non-hydrogen) atoms. The average molecular weight is 377 g/mol. The summed E-state index contributed by atoms with van der Waals surface area (Å²) in [4.78, 5) is 11.8. The van der Waals surface area contributed by atoms with Gasteiger partial charge in [0.2, 0.25) is 5.91 Å². The van der Waals surface area contributed by atoms with E-state index in [1.165, 1.54) is 12.8 Å². The SMILES string of the molecule is COc1ccc(C2CC(C(N)=O)CCC2(OC)OC)cc1OC1CCCC1. The lowest BCUT2D eigenvalue weighted by Crippen LogP contribution is -2.47. The fourth-order valence-electron chi connectivity index (χ4n) is 4.54. The van der Waals surface area contributed by atoms with E-state index in [4.69, 9.17) is 24.7 Å². The summed E-state index contributed by atoms with van der Waals surface area (Å²) in [6.45, 7) is 0. The van der Waals surface area contributed by atoms with E-state index in [2.05, 4.69) is 0 Å². The van der Waals surface area contributed by atoms with Crippen molar-refractivity contribution in [2.75, 3.05) is 21.3 Å². The summed E-state index contributed by atoms with van der Waals surface area (Å²) in [5, 5.41) is 0. The Morgan fingerprint density at radius 1 is 1.07 bits per heavy atom. The first-order chi connectivity index (χ1) is 13.0. The van der Waals surface area contributed by atoms with Crippen LogP contribution in [-0.2, 0) is 14.3 Å². The van der Waals surface area contributed by atoms with Crippen LogP contribution >= 0.6 is 0 Å². The molecular weight excluding hydrogens is 346 g/mol. The Kier molecular flexibility index (Phi) is 6.27. The number of benzene rings is 1. The molecule has 2 unspecified atom stereocenters. The van der Waals surface area contributed by atoms with Crippen LogP contribution in [0.25, 0.3) is 0 Å². The van der Waals surface area contributed by atoms with E-state index in [-0.39, 0.29) is 23.8 Å². The molecule has 6 heteroatoms. The van der Waals surface area contributed by atoms with Crippen LogP contribution in [0.5, 0.6) is 11.5 Å². The minimum absolute atomic E-state index is 0.115. The summed E-state index contributed by atoms with van der Waals surface area (Å²) in [5.74, 6) is 0.116. The van der Waals surface area contributed by atoms with E-state index < -0.39 is 5.79 Å². The maximum absolute atomic E-state index is 11.8. The average Bonchev–Trinajstić information content (AvgIpc) is 3.20. The third-order valence-electron chi connectivity index (χ3n) is 6.17. The molecule has 1 amide bonds. The number of carbonyl (C=O) groups is 1. The molecule has 6 nitrogen and oxygen atoms in total. The van der Waals surface area contributed by atoms with Crippen LogP contribution in [0.4, 0.5) is 0 Å². The number of methoxy groups -OCH3 is 3. The van der Waals surface area contributed by atoms with E-state index in [1.807, 2.05) is 18.2 Å². The molecule has 3 rings (SSSR count). The van der Waals surface area contributed by atoms with Crippen molar-refractivity contribution in [2.45, 2.75) is 62.8 Å². The van der Waals surface area contributed by atoms with Crippen LogP contribution in [0.3, 0.4) is 0 Å². The predicted molar refractivity (Wildman–Crippen MR) is 102 cm³/mol. The first kappa shape index (κ1) is 20.0. The van der Waals surface area contributed by atoms with Gasteiger partial charge in [0.05, 0.1) is 13.2 Å². The highest BCUT2D eigenvalue weighted by atomic mass is 16.7. The van der Waals surface area contributed by atoms with Crippen LogP contribution in [0, 0.1) is 5.92 Å². The summed E-state index contributed by atoms with van der Waals surface area (Å²) in [7, 11) is 4.95. The van der Waals surface area contributed by atoms with Crippen LogP contribution in [0.15, 0.2) is 18.2 Å². The highest BCUT2D eigenvalue weighted by Crippen LogP contribution is 2.47. The van der Waals surface area contributed by atoms with Gasteiger partial charge in [-0.3, -0.25) is 4.79 Å². The highest BCUT2D eigenvalue weighted by molar-refractivity contribution is 5.77. The molecule has 1 aromatic rings. The lowest BCUT2D eigenvalue weighted by Gasteiger charge is -2.44. The summed E-state index contributed by atoms with van der Waals surface area (Å²) in [5.41, 5.74) is 6.61. The van der Waals surface area contributed by atoms with E-state index in [0.717, 1.165) is 24.2 Å². The number of rotatable bonds is 7. The van der Waals surface area contributed by atoms with Gasteiger partial charge in [-0.1, -0.05) is 6.07 Å². The van der Waals surface area contributed by atoms with Gasteiger partial charge in [0.15, 0.2) is 17.3 Å². The highest BCUT2D eigenvalue weighted by Gasteiger charge is 2.46. The second-order valence-corrected chi connectivity index (χ2v) is 7.58. The topological polar surface area (TPSA) is 80.0 Å². The fraction of sp³-hybridized carbons (Fsp3) is 0.667. The largest absolute Gasteiger partial charge is 0.493 e. The van der Waals surface area contributed by atoms with Crippen molar-refractivity contribution in [1.82, 2.24) is 0 Å². The Morgan fingerprint density at radius 2 is 1.78 bits per heavy atom. The minimum atomic E-state index is -0.773. The molecule has 150 valence electrons. The maximum Gasteiger partial charge on any atom is 0.220 e. The number of carbonyl (C=O) groups excluding carboxylic acids is 1. The molecule has 0 heterocycles. The molecule has 2 atom stereocenters. The first-order valence-electron chi connectivity index (χ1n) is 9.77. The van der Waals surface area contributed by atoms with E-state index in [0.29, 0.717) is 25.0 Å². The van der Waals surface area contributed by atoms with Crippen molar-refractivity contribution >= 4 is 5.91 Å². The lowest BCUT2D eigenvalue weighted by molar-refractivity contribution is -0.239. The molecule has 0 radical (unpaired) electrons. The third kappa shape index (κ3) is 4.06. The monoisotopic (exact) mass is 377 g/mol. The first-order valence-corrected chi connectivity index (χ1v) is 9.77. The standard InChI is InChI=1S/C21H31NO5/c1-24-18-9-8-14(13-19(18)27-16-6-4-5-7-16)17-12-15(20(22)23)10-11-21(17,25-2)26-3/h8-9,13,15-17H,4-7,10-12H2,1-3H3,(H2,22,23). The molecule has 0 saturated heterocycles. The number of primary amides is 1. The van der Waals surface area contributed by atoms with Crippen LogP contribution < -0.4 is 15.2 Å². The van der Waals surface area contributed by atoms with Gasteiger partial charge in [-0.2, -0.15) is 0 Å². The van der Waals surface area contributed by atoms with Gasteiger partial charge in [0.1, 0.15) is 0 Å². The molecule has 1 aromatic carbocycles. The summed E-state index contributed by atoms with van der Waals surface area (Å²) in [6.07, 6.45) is 6.64. The van der Waals surface area contributed by atoms with Gasteiger partial charge >= 0.3 is 0 Å². The Morgan fingerprint density at radius 3 is 2.37 bits per heavy atom. The molecule has 0 aliphatic heterocycles. The normalized spacial score (nSPS) is 25.3. The maximum atomic E-state index is 11.8. The van der Waals surface area contributed by atoms with Gasteiger partial charge in [0, 0.05) is 32.5 Å². The Bertz CT molecular complexity index is 652. The number of ether oxygens (including phenoxy) is 4. The van der Waals surface area contributed by atoms with Crippen molar-refractivity contribution in [3.8, 4) is 11.5 Å². The molecule has 2 N–H and O–H groups in total. The minimum Gasteiger partial charge on any atom is -0.493 e. The zero-order valence-corrected chi connectivity index (χ0v) is 16.5. The third-order valence-corrected chi connectivity index (χ3v) is 6.17. The van der Waals surface area contributed by atoms with Crippen molar-refractivity contribution < 1.29 is 23.7 Å². The molecule has 0 bridgehead atoms. The van der Waals surface area contributed by atoms with Gasteiger partial charge in [0.25, 0.3) is 0 Å². The summed E-state index contributed by atoms with van der Waals surface area (Å²) >= 11 is 0. The van der Waals surface area contributed by atoms with Gasteiger partial charge in [-0.15, -0.1) is 0 Å². The number of hydrogen-bond donors (Lipinski definition) is 1. The lowest BCUT2D eigenvalue weighted by atomic mass is 9.73. The van der Waals surface area contributed by atoms with E-state index in [9.17, 15) is 4.79 Å². The molecule has 2 fully saturated rings. The molecule has 0 spiro atoms. The number of hydrogen-bond acceptors (Lipinski definition) is 5.